The third-order valence-corrected chi connectivity index (χ3v) is 3.75. The standard InChI is InChI=1S/C19H24FN3O/c1-2-3-6-10-22-17-12-16(13-21-14-17)19(24)23-11-9-15-7-4-5-8-18(15)20/h4-5,7-8,12-14,22H,2-3,6,9-11H2,1H3,(H,23,24). The number of pyridine rings is 1. The van der Waals surface area contributed by atoms with Gasteiger partial charge in [-0.1, -0.05) is 38.0 Å². The first kappa shape index (κ1) is 17.9. The van der Waals surface area contributed by atoms with Crippen LogP contribution in [0.1, 0.15) is 42.1 Å². The van der Waals surface area contributed by atoms with Crippen molar-refractivity contribution in [1.82, 2.24) is 10.3 Å². The highest BCUT2D eigenvalue weighted by Gasteiger charge is 2.07. The van der Waals surface area contributed by atoms with Gasteiger partial charge in [-0.2, -0.15) is 0 Å². The molecule has 1 aromatic heterocycles. The van der Waals surface area contributed by atoms with Gasteiger partial charge in [-0.15, -0.1) is 0 Å². The van der Waals surface area contributed by atoms with Gasteiger partial charge in [0, 0.05) is 25.5 Å². The minimum Gasteiger partial charge on any atom is -0.384 e. The number of hydrogen-bond acceptors (Lipinski definition) is 3. The Morgan fingerprint density at radius 2 is 2.00 bits per heavy atom. The Kier molecular flexibility index (Phi) is 7.21. The van der Waals surface area contributed by atoms with Gasteiger partial charge in [-0.3, -0.25) is 9.78 Å². The second-order valence-electron chi connectivity index (χ2n) is 5.69. The number of unbranched alkanes of at least 4 members (excludes halogenated alkanes) is 2. The first-order chi connectivity index (χ1) is 11.7. The third-order valence-electron chi connectivity index (χ3n) is 3.75. The molecule has 0 aliphatic carbocycles. The Balaban J connectivity index is 1.82. The minimum absolute atomic E-state index is 0.198. The third kappa shape index (κ3) is 5.65. The number of carbonyl (C=O) groups excluding carboxylic acids is 1. The van der Waals surface area contributed by atoms with Crippen LogP contribution in [0.3, 0.4) is 0 Å². The number of nitrogens with one attached hydrogen (secondary N) is 2. The van der Waals surface area contributed by atoms with E-state index in [2.05, 4.69) is 22.5 Å². The van der Waals surface area contributed by atoms with Gasteiger partial charge in [0.05, 0.1) is 11.3 Å². The van der Waals surface area contributed by atoms with Crippen molar-refractivity contribution < 1.29 is 9.18 Å². The van der Waals surface area contributed by atoms with Gasteiger partial charge < -0.3 is 10.6 Å². The van der Waals surface area contributed by atoms with Crippen LogP contribution in [0.2, 0.25) is 0 Å². The number of benzene rings is 1. The van der Waals surface area contributed by atoms with Crippen LogP contribution in [0, 0.1) is 5.82 Å². The van der Waals surface area contributed by atoms with E-state index in [0.29, 0.717) is 24.1 Å². The summed E-state index contributed by atoms with van der Waals surface area (Å²) in [5.74, 6) is -0.442. The fourth-order valence-electron chi connectivity index (χ4n) is 2.38. The summed E-state index contributed by atoms with van der Waals surface area (Å²) in [6.07, 6.45) is 7.15. The molecule has 2 rings (SSSR count). The van der Waals surface area contributed by atoms with E-state index in [9.17, 15) is 9.18 Å². The molecule has 2 N–H and O–H groups in total. The second kappa shape index (κ2) is 9.65. The largest absolute Gasteiger partial charge is 0.384 e. The van der Waals surface area contributed by atoms with Gasteiger partial charge in [-0.05, 0) is 30.5 Å². The van der Waals surface area contributed by atoms with E-state index >= 15 is 0 Å². The predicted octanol–water partition coefficient (Wildman–Crippen LogP) is 3.80. The normalized spacial score (nSPS) is 10.4. The molecule has 0 fully saturated rings. The Morgan fingerprint density at radius 3 is 2.79 bits per heavy atom. The minimum atomic E-state index is -0.244. The van der Waals surface area contributed by atoms with Gasteiger partial charge in [0.2, 0.25) is 0 Å². The topological polar surface area (TPSA) is 54.0 Å². The molecule has 0 saturated heterocycles. The molecule has 0 unspecified atom stereocenters. The van der Waals surface area contributed by atoms with Crippen molar-refractivity contribution >= 4 is 11.6 Å². The van der Waals surface area contributed by atoms with Crippen molar-refractivity contribution in [3.8, 4) is 0 Å². The molecule has 1 aromatic carbocycles. The smallest absolute Gasteiger partial charge is 0.252 e. The van der Waals surface area contributed by atoms with Crippen LogP contribution < -0.4 is 10.6 Å². The summed E-state index contributed by atoms with van der Waals surface area (Å²) in [4.78, 5) is 16.3. The van der Waals surface area contributed by atoms with Crippen LogP contribution in [0.5, 0.6) is 0 Å². The maximum atomic E-state index is 13.5. The van der Waals surface area contributed by atoms with Gasteiger partial charge >= 0.3 is 0 Å². The van der Waals surface area contributed by atoms with E-state index in [1.807, 2.05) is 0 Å². The molecule has 128 valence electrons. The van der Waals surface area contributed by atoms with Gasteiger partial charge in [0.25, 0.3) is 5.91 Å². The first-order valence-corrected chi connectivity index (χ1v) is 8.41. The molecule has 5 heteroatoms. The van der Waals surface area contributed by atoms with Crippen LogP contribution in [0.15, 0.2) is 42.7 Å². The van der Waals surface area contributed by atoms with Crippen molar-refractivity contribution in [2.45, 2.75) is 32.6 Å². The first-order valence-electron chi connectivity index (χ1n) is 8.41. The Bertz CT molecular complexity index is 661. The highest BCUT2D eigenvalue weighted by Crippen LogP contribution is 2.10. The second-order valence-corrected chi connectivity index (χ2v) is 5.69. The fourth-order valence-corrected chi connectivity index (χ4v) is 2.38. The molecule has 0 aliphatic heterocycles. The zero-order valence-electron chi connectivity index (χ0n) is 14.0. The Labute approximate surface area is 142 Å². The molecule has 0 radical (unpaired) electrons. The SMILES string of the molecule is CCCCCNc1cncc(C(=O)NCCc2ccccc2F)c1. The molecule has 1 heterocycles. The lowest BCUT2D eigenvalue weighted by Gasteiger charge is -2.09. The number of halogens is 1. The maximum absolute atomic E-state index is 13.5. The number of rotatable bonds is 9. The highest BCUT2D eigenvalue weighted by molar-refractivity contribution is 5.94. The molecule has 24 heavy (non-hydrogen) atoms. The summed E-state index contributed by atoms with van der Waals surface area (Å²) in [7, 11) is 0. The average Bonchev–Trinajstić information content (AvgIpc) is 2.60. The molecule has 0 aliphatic rings. The lowest BCUT2D eigenvalue weighted by Crippen LogP contribution is -2.26. The molecular formula is C19H24FN3O. The van der Waals surface area contributed by atoms with Crippen LogP contribution in [0.4, 0.5) is 10.1 Å². The van der Waals surface area contributed by atoms with Gasteiger partial charge in [0.15, 0.2) is 0 Å². The van der Waals surface area contributed by atoms with Crippen LogP contribution in [0.25, 0.3) is 0 Å². The van der Waals surface area contributed by atoms with Gasteiger partial charge in [-0.25, -0.2) is 4.39 Å². The maximum Gasteiger partial charge on any atom is 0.252 e. The monoisotopic (exact) mass is 329 g/mol. The van der Waals surface area contributed by atoms with Crippen LogP contribution >= 0.6 is 0 Å². The summed E-state index contributed by atoms with van der Waals surface area (Å²) in [5, 5.41) is 6.08. The van der Waals surface area contributed by atoms with Crippen LogP contribution in [-0.2, 0) is 6.42 Å². The fraction of sp³-hybridized carbons (Fsp3) is 0.368. The zero-order chi connectivity index (χ0) is 17.2. The van der Waals surface area contributed by atoms with Gasteiger partial charge in [0.1, 0.15) is 5.82 Å². The molecule has 2 aromatic rings. The van der Waals surface area contributed by atoms with E-state index in [4.69, 9.17) is 0 Å². The number of nitrogens with zero attached hydrogens (tertiary/aromatic N) is 1. The van der Waals surface area contributed by atoms with E-state index in [-0.39, 0.29) is 11.7 Å². The number of aromatic nitrogens is 1. The quantitative estimate of drug-likeness (QED) is 0.688. The Hall–Kier alpha value is -2.43. The van der Waals surface area contributed by atoms with Crippen LogP contribution in [-0.4, -0.2) is 24.0 Å². The molecule has 0 bridgehead atoms. The summed E-state index contributed by atoms with van der Waals surface area (Å²) in [6.45, 7) is 3.41. The van der Waals surface area contributed by atoms with E-state index in [1.165, 1.54) is 25.1 Å². The molecule has 0 atom stereocenters. The molecular weight excluding hydrogens is 305 g/mol. The Morgan fingerprint density at radius 1 is 1.17 bits per heavy atom. The van der Waals surface area contributed by atoms with Crippen molar-refractivity contribution in [3.05, 3.63) is 59.7 Å². The number of anilines is 1. The van der Waals surface area contributed by atoms with Crippen molar-refractivity contribution in [2.24, 2.45) is 0 Å². The number of carbonyl (C=O) groups is 1. The van der Waals surface area contributed by atoms with Crippen molar-refractivity contribution in [2.75, 3.05) is 18.4 Å². The molecule has 4 nitrogen and oxygen atoms in total. The average molecular weight is 329 g/mol. The number of amides is 1. The zero-order valence-corrected chi connectivity index (χ0v) is 14.0. The predicted molar refractivity (Wildman–Crippen MR) is 94.7 cm³/mol. The molecule has 1 amide bonds. The van der Waals surface area contributed by atoms with Crippen molar-refractivity contribution in [1.29, 1.82) is 0 Å². The molecule has 0 saturated carbocycles. The highest BCUT2D eigenvalue weighted by atomic mass is 19.1. The van der Waals surface area contributed by atoms with E-state index in [1.54, 1.807) is 30.5 Å². The lowest BCUT2D eigenvalue weighted by atomic mass is 10.1. The summed E-state index contributed by atoms with van der Waals surface area (Å²) in [5.41, 5.74) is 1.94. The van der Waals surface area contributed by atoms with E-state index in [0.717, 1.165) is 18.7 Å². The molecule has 0 spiro atoms. The summed E-state index contributed by atoms with van der Waals surface area (Å²) < 4.78 is 13.5. The summed E-state index contributed by atoms with van der Waals surface area (Å²) in [6, 6.07) is 8.38. The lowest BCUT2D eigenvalue weighted by molar-refractivity contribution is 0.0953. The van der Waals surface area contributed by atoms with E-state index < -0.39 is 0 Å². The van der Waals surface area contributed by atoms with Crippen molar-refractivity contribution in [3.63, 3.8) is 0 Å². The number of hydrogen-bond donors (Lipinski definition) is 2. The summed E-state index contributed by atoms with van der Waals surface area (Å²) >= 11 is 0.